The smallest absolute Gasteiger partial charge is 0.108 e. The summed E-state index contributed by atoms with van der Waals surface area (Å²) in [5, 5.41) is 0. The number of hydrogen-bond donors (Lipinski definition) is 1. The number of aromatic amines is 1. The van der Waals surface area contributed by atoms with Gasteiger partial charge >= 0.3 is 37.6 Å². The maximum atomic E-state index is 2.99. The van der Waals surface area contributed by atoms with Gasteiger partial charge in [0.05, 0.1) is 0 Å². The third-order valence-electron chi connectivity index (χ3n) is 1.03. The van der Waals surface area contributed by atoms with Gasteiger partial charge in [-0.3, -0.25) is 6.08 Å². The third kappa shape index (κ3) is 97.5. The first-order chi connectivity index (χ1) is 8.46. The second-order valence-corrected chi connectivity index (χ2v) is 5.88. The van der Waals surface area contributed by atoms with Crippen LogP contribution in [-0.2, 0) is 20.0 Å². The molecule has 1 N–H and O–H groups in total. The molecule has 0 aliphatic heterocycles. The van der Waals surface area contributed by atoms with Gasteiger partial charge in [0.2, 0.25) is 0 Å². The van der Waals surface area contributed by atoms with Crippen LogP contribution in [0.3, 0.4) is 0 Å². The van der Waals surface area contributed by atoms with E-state index in [4.69, 9.17) is 0 Å². The van der Waals surface area contributed by atoms with Crippen LogP contribution >= 0.6 is 24.8 Å². The van der Waals surface area contributed by atoms with Crippen LogP contribution in [0.1, 0.15) is 41.0 Å². The molecule has 0 fully saturated rings. The molecule has 1 nitrogen and oxygen atoms in total. The van der Waals surface area contributed by atoms with E-state index in [2.05, 4.69) is 77.9 Å². The first-order valence-corrected chi connectivity index (χ1v) is 6.74. The second kappa shape index (κ2) is 43.5. The summed E-state index contributed by atoms with van der Waals surface area (Å²) in [7, 11) is 0. The molecule has 0 atom stereocenters. The van der Waals surface area contributed by atoms with Crippen molar-refractivity contribution < 1.29 is 20.0 Å². The van der Waals surface area contributed by atoms with Crippen LogP contribution in [0.15, 0.2) is 36.6 Å². The normalized spacial score (nSPS) is 7.88. The van der Waals surface area contributed by atoms with E-state index in [0.717, 1.165) is 6.42 Å². The molecular formula is C20H38Cl2NTi-7. The van der Waals surface area contributed by atoms with Gasteiger partial charge in [-0.15, -0.1) is 37.4 Å². The molecule has 0 unspecified atom stereocenters. The maximum Gasteiger partial charge on any atom is -0.108 e. The van der Waals surface area contributed by atoms with Gasteiger partial charge in [0.15, 0.2) is 0 Å². The van der Waals surface area contributed by atoms with Crippen molar-refractivity contribution in [2.45, 2.75) is 41.0 Å². The van der Waals surface area contributed by atoms with Crippen LogP contribution in [0, 0.1) is 47.9 Å². The van der Waals surface area contributed by atoms with Crippen LogP contribution in [0.2, 0.25) is 0 Å². The van der Waals surface area contributed by atoms with Gasteiger partial charge in [0, 0.05) is 0 Å². The van der Waals surface area contributed by atoms with Crippen molar-refractivity contribution in [2.75, 3.05) is 0 Å². The molecule has 24 heavy (non-hydrogen) atoms. The number of nitrogens with one attached hydrogen (secondary N) is 1. The zero-order valence-electron chi connectivity index (χ0n) is 17.0. The molecular weight excluding hydrogens is 373 g/mol. The van der Waals surface area contributed by atoms with Crippen molar-refractivity contribution in [1.82, 2.24) is 4.98 Å². The van der Waals surface area contributed by atoms with Crippen molar-refractivity contribution in [3.05, 3.63) is 84.5 Å². The molecule has 1 heterocycles. The van der Waals surface area contributed by atoms with Crippen LogP contribution in [0.5, 0.6) is 0 Å². The molecule has 2 rings (SSSR count). The Morgan fingerprint density at radius 3 is 1.54 bits per heavy atom. The Hall–Kier alpha value is -0.0757. The van der Waals surface area contributed by atoms with Crippen LogP contribution in [0.4, 0.5) is 0 Å². The molecule has 0 spiro atoms. The molecule has 0 saturated carbocycles. The molecule has 0 aromatic carbocycles. The number of aromatic nitrogens is 1. The molecule has 0 amide bonds. The Balaban J connectivity index is -0.0000000220. The predicted octanol–water partition coefficient (Wildman–Crippen LogP) is 7.13. The van der Waals surface area contributed by atoms with Crippen LogP contribution < -0.4 is 0 Å². The van der Waals surface area contributed by atoms with Gasteiger partial charge in [0.25, 0.3) is 0 Å². The fourth-order valence-electron chi connectivity index (χ4n) is 0.581. The SMILES string of the molecule is C[C-](C)C.C[C](C)=[Ti].Cl.Cl.[C-]1=CC=CC1.[CH3-].[CH3-].[CH3-].[CH3-].[c-]1ccc[nH]1. The molecule has 1 aliphatic carbocycles. The maximum absolute atomic E-state index is 2.99. The Morgan fingerprint density at radius 2 is 1.46 bits per heavy atom. The number of halogens is 2. The number of allylic oxidation sites excluding steroid dienone is 4. The van der Waals surface area contributed by atoms with Crippen LogP contribution in [-0.4, -0.2) is 8.80 Å². The molecule has 0 radical (unpaired) electrons. The quantitative estimate of drug-likeness (QED) is 0.345. The fraction of sp³-hybridized carbons (Fsp3) is 0.300. The average molecular weight is 411 g/mol. The van der Waals surface area contributed by atoms with Crippen molar-refractivity contribution in [2.24, 2.45) is 0 Å². The van der Waals surface area contributed by atoms with Gasteiger partial charge in [0.1, 0.15) is 0 Å². The van der Waals surface area contributed by atoms with Crippen molar-refractivity contribution in [3.8, 4) is 0 Å². The van der Waals surface area contributed by atoms with Gasteiger partial charge in [-0.2, -0.15) is 45.2 Å². The van der Waals surface area contributed by atoms with Gasteiger partial charge in [-0.25, -0.2) is 12.2 Å². The average Bonchev–Trinajstić information content (AvgIpc) is 2.96. The monoisotopic (exact) mass is 410 g/mol. The Morgan fingerprint density at radius 1 is 1.04 bits per heavy atom. The zero-order chi connectivity index (χ0) is 14.2. The predicted molar refractivity (Wildman–Crippen MR) is 118 cm³/mol. The first-order valence-electron chi connectivity index (χ1n) is 5.96. The standard InChI is InChI=1S/C5H5.C4H4N.C4H9.C3H6.4CH3.2ClH.Ti/c2*1-2-4-5-3-1;1-4(2)3;1-3-2;;;;;;;/h1-3H,4H2;1-3,5H;1-3H3;1-2H3;4*1H3;2*1H;/q3*-1;;4*-1;;;. The summed E-state index contributed by atoms with van der Waals surface area (Å²) < 4.78 is 1.42. The van der Waals surface area contributed by atoms with Gasteiger partial charge in [-0.05, 0) is 0 Å². The van der Waals surface area contributed by atoms with Crippen molar-refractivity contribution in [3.63, 3.8) is 0 Å². The van der Waals surface area contributed by atoms with E-state index in [1.165, 1.54) is 9.73 Å². The largest absolute Gasteiger partial charge is 0.484 e. The molecule has 0 bridgehead atoms. The molecule has 0 saturated heterocycles. The molecule has 1 aliphatic rings. The summed E-state index contributed by atoms with van der Waals surface area (Å²) in [6.07, 6.45) is 14.6. The zero-order valence-corrected chi connectivity index (χ0v) is 20.2. The van der Waals surface area contributed by atoms with E-state index < -0.39 is 0 Å². The van der Waals surface area contributed by atoms with E-state index in [1.807, 2.05) is 30.5 Å². The second-order valence-electron chi connectivity index (χ2n) is 4.32. The minimum absolute atomic E-state index is 0. The summed E-state index contributed by atoms with van der Waals surface area (Å²) >= 11 is 2.08. The molecule has 148 valence electrons. The third-order valence-corrected chi connectivity index (χ3v) is 1.03. The minimum Gasteiger partial charge on any atom is -0.484 e. The van der Waals surface area contributed by atoms with E-state index in [0.29, 0.717) is 0 Å². The fourth-order valence-corrected chi connectivity index (χ4v) is 0.581. The molecule has 1 aromatic rings. The van der Waals surface area contributed by atoms with Crippen LogP contribution in [0.25, 0.3) is 0 Å². The number of H-pyrrole nitrogens is 1. The number of rotatable bonds is 0. The van der Waals surface area contributed by atoms with E-state index in [1.54, 1.807) is 0 Å². The van der Waals surface area contributed by atoms with E-state index in [9.17, 15) is 0 Å². The first kappa shape index (κ1) is 49.6. The summed E-state index contributed by atoms with van der Waals surface area (Å²) in [6, 6.07) is 3.71. The minimum atomic E-state index is 0. The van der Waals surface area contributed by atoms with Gasteiger partial charge < -0.3 is 40.6 Å². The van der Waals surface area contributed by atoms with Crippen molar-refractivity contribution >= 4 is 28.6 Å². The number of hydrogen-bond acceptors (Lipinski definition) is 0. The topological polar surface area (TPSA) is 15.8 Å². The Kier molecular flexibility index (Phi) is 89.8. The summed E-state index contributed by atoms with van der Waals surface area (Å²) in [4.78, 5) is 2.74. The molecule has 1 aromatic heterocycles. The van der Waals surface area contributed by atoms with Gasteiger partial charge in [-0.1, -0.05) is 0 Å². The Labute approximate surface area is 178 Å². The van der Waals surface area contributed by atoms with Crippen molar-refractivity contribution in [1.29, 1.82) is 0 Å². The van der Waals surface area contributed by atoms with E-state index >= 15 is 0 Å². The summed E-state index contributed by atoms with van der Waals surface area (Å²) in [5.74, 6) is 1.42. The summed E-state index contributed by atoms with van der Waals surface area (Å²) in [6.45, 7) is 10.4. The molecule has 4 heteroatoms. The Bertz CT molecular complexity index is 284. The van der Waals surface area contributed by atoms with E-state index in [-0.39, 0.29) is 54.5 Å². The summed E-state index contributed by atoms with van der Waals surface area (Å²) in [5.41, 5.74) is 0.